The van der Waals surface area contributed by atoms with E-state index >= 15 is 0 Å². The van der Waals surface area contributed by atoms with Crippen molar-refractivity contribution in [2.45, 2.75) is 13.5 Å². The summed E-state index contributed by atoms with van der Waals surface area (Å²) in [5.74, 6) is 0. The van der Waals surface area contributed by atoms with Gasteiger partial charge in [-0.2, -0.15) is 5.26 Å². The average Bonchev–Trinajstić information content (AvgIpc) is 2.03. The van der Waals surface area contributed by atoms with E-state index in [0.29, 0.717) is 11.3 Å². The molecule has 0 aliphatic carbocycles. The number of rotatable bonds is 1. The third-order valence-electron chi connectivity index (χ3n) is 1.47. The topological polar surface area (TPSA) is 56.9 Å². The minimum atomic E-state index is -0.189. The van der Waals surface area contributed by atoms with Crippen molar-refractivity contribution in [2.75, 3.05) is 0 Å². The normalized spacial score (nSPS) is 9.50. The fraction of sp³-hybridized carbons (Fsp3) is 0.250. The number of halogens is 1. The Balaban J connectivity index is 3.36. The summed E-state index contributed by atoms with van der Waals surface area (Å²) in [6.45, 7) is 1.57. The van der Waals surface area contributed by atoms with Gasteiger partial charge in [-0.25, -0.2) is 4.98 Å². The average molecular weight is 183 g/mol. The van der Waals surface area contributed by atoms with E-state index in [2.05, 4.69) is 4.98 Å². The zero-order valence-corrected chi connectivity index (χ0v) is 7.26. The molecule has 1 rings (SSSR count). The molecule has 0 saturated heterocycles. The van der Waals surface area contributed by atoms with Crippen LogP contribution in [-0.2, 0) is 6.61 Å². The number of pyridine rings is 1. The van der Waals surface area contributed by atoms with Gasteiger partial charge in [0.05, 0.1) is 12.2 Å². The number of aromatic nitrogens is 1. The van der Waals surface area contributed by atoms with Crippen LogP contribution in [0.1, 0.15) is 16.8 Å². The minimum absolute atomic E-state index is 0.154. The molecule has 62 valence electrons. The molecule has 0 aliphatic rings. The lowest BCUT2D eigenvalue weighted by Gasteiger charge is -2.02. The summed E-state index contributed by atoms with van der Waals surface area (Å²) < 4.78 is 0. The molecule has 0 aliphatic heterocycles. The van der Waals surface area contributed by atoms with E-state index in [-0.39, 0.29) is 17.3 Å². The zero-order valence-electron chi connectivity index (χ0n) is 6.50. The fourth-order valence-corrected chi connectivity index (χ4v) is 1.24. The van der Waals surface area contributed by atoms with E-state index < -0.39 is 0 Å². The third kappa shape index (κ3) is 1.55. The number of hydrogen-bond donors (Lipinski definition) is 1. The van der Waals surface area contributed by atoms with Gasteiger partial charge in [-0.3, -0.25) is 0 Å². The molecule has 4 heteroatoms. The van der Waals surface area contributed by atoms with E-state index in [9.17, 15) is 0 Å². The minimum Gasteiger partial charge on any atom is -0.392 e. The number of aliphatic hydroxyl groups is 1. The Morgan fingerprint density at radius 3 is 2.92 bits per heavy atom. The Labute approximate surface area is 75.2 Å². The standard InChI is InChI=1S/C8H7ClN2O/c1-5-2-6(4-12)7(3-10)8(9)11-5/h2,12H,4H2,1H3. The zero-order chi connectivity index (χ0) is 9.14. The number of nitrogens with zero attached hydrogens (tertiary/aromatic N) is 2. The van der Waals surface area contributed by atoms with E-state index in [1.165, 1.54) is 0 Å². The van der Waals surface area contributed by atoms with Crippen LogP contribution >= 0.6 is 11.6 Å². The molecule has 1 heterocycles. The Morgan fingerprint density at radius 2 is 2.42 bits per heavy atom. The molecule has 3 nitrogen and oxygen atoms in total. The van der Waals surface area contributed by atoms with Gasteiger partial charge in [0, 0.05) is 11.3 Å². The maximum atomic E-state index is 8.86. The lowest BCUT2D eigenvalue weighted by molar-refractivity contribution is 0.281. The Kier molecular flexibility index (Phi) is 2.64. The van der Waals surface area contributed by atoms with E-state index in [0.717, 1.165) is 0 Å². The summed E-state index contributed by atoms with van der Waals surface area (Å²) in [5, 5.41) is 17.7. The van der Waals surface area contributed by atoms with Crippen molar-refractivity contribution in [1.82, 2.24) is 4.98 Å². The van der Waals surface area contributed by atoms with Gasteiger partial charge in [0.2, 0.25) is 0 Å². The molecule has 0 unspecified atom stereocenters. The molecule has 0 saturated carbocycles. The lowest BCUT2D eigenvalue weighted by atomic mass is 10.1. The van der Waals surface area contributed by atoms with E-state index in [1.54, 1.807) is 13.0 Å². The van der Waals surface area contributed by atoms with Crippen molar-refractivity contribution >= 4 is 11.6 Å². The number of aryl methyl sites for hydroxylation is 1. The molecule has 0 radical (unpaired) electrons. The summed E-state index contributed by atoms with van der Waals surface area (Å²) in [6.07, 6.45) is 0. The number of nitriles is 1. The third-order valence-corrected chi connectivity index (χ3v) is 1.74. The van der Waals surface area contributed by atoms with Gasteiger partial charge in [-0.05, 0) is 13.0 Å². The van der Waals surface area contributed by atoms with Crippen molar-refractivity contribution in [3.8, 4) is 6.07 Å². The Morgan fingerprint density at radius 1 is 1.75 bits per heavy atom. The summed E-state index contributed by atoms with van der Waals surface area (Å²) >= 11 is 5.67. The van der Waals surface area contributed by atoms with Gasteiger partial charge in [-0.15, -0.1) is 0 Å². The van der Waals surface area contributed by atoms with Crippen LogP contribution in [0.25, 0.3) is 0 Å². The van der Waals surface area contributed by atoms with Crippen LogP contribution < -0.4 is 0 Å². The summed E-state index contributed by atoms with van der Waals surface area (Å²) in [6, 6.07) is 3.53. The highest BCUT2D eigenvalue weighted by molar-refractivity contribution is 6.30. The highest BCUT2D eigenvalue weighted by Crippen LogP contribution is 2.17. The molecule has 0 aromatic carbocycles. The first-order valence-corrected chi connectivity index (χ1v) is 3.73. The fourth-order valence-electron chi connectivity index (χ4n) is 0.942. The molecule has 12 heavy (non-hydrogen) atoms. The molecular formula is C8H7ClN2O. The van der Waals surface area contributed by atoms with E-state index in [4.69, 9.17) is 22.0 Å². The largest absolute Gasteiger partial charge is 0.392 e. The second-order valence-electron chi connectivity index (χ2n) is 2.36. The second kappa shape index (κ2) is 3.53. The maximum absolute atomic E-state index is 8.86. The van der Waals surface area contributed by atoms with Crippen LogP contribution in [0.4, 0.5) is 0 Å². The molecule has 0 amide bonds. The molecule has 0 spiro atoms. The van der Waals surface area contributed by atoms with Gasteiger partial charge in [-0.1, -0.05) is 11.6 Å². The molecule has 0 bridgehead atoms. The summed E-state index contributed by atoms with van der Waals surface area (Å²) in [5.41, 5.74) is 1.47. The van der Waals surface area contributed by atoms with E-state index in [1.807, 2.05) is 6.07 Å². The molecule has 0 atom stereocenters. The summed E-state index contributed by atoms with van der Waals surface area (Å²) in [7, 11) is 0. The van der Waals surface area contributed by atoms with Crippen LogP contribution in [0.2, 0.25) is 5.15 Å². The van der Waals surface area contributed by atoms with Gasteiger partial charge in [0.1, 0.15) is 11.2 Å². The maximum Gasteiger partial charge on any atom is 0.147 e. The molecule has 1 aromatic heterocycles. The highest BCUT2D eigenvalue weighted by atomic mass is 35.5. The number of aliphatic hydroxyl groups excluding tert-OH is 1. The van der Waals surface area contributed by atoms with Gasteiger partial charge < -0.3 is 5.11 Å². The molecule has 0 fully saturated rings. The van der Waals surface area contributed by atoms with Crippen LogP contribution in [0, 0.1) is 18.3 Å². The van der Waals surface area contributed by atoms with Crippen molar-refractivity contribution in [1.29, 1.82) is 5.26 Å². The first-order chi connectivity index (χ1) is 5.69. The summed E-state index contributed by atoms with van der Waals surface area (Å²) in [4.78, 5) is 3.88. The quantitative estimate of drug-likeness (QED) is 0.668. The Hall–Kier alpha value is -1.11. The van der Waals surface area contributed by atoms with Crippen LogP contribution in [-0.4, -0.2) is 10.1 Å². The van der Waals surface area contributed by atoms with Gasteiger partial charge in [0.15, 0.2) is 0 Å². The predicted molar refractivity (Wildman–Crippen MR) is 44.6 cm³/mol. The first kappa shape index (κ1) is 8.98. The smallest absolute Gasteiger partial charge is 0.147 e. The molecular weight excluding hydrogens is 176 g/mol. The second-order valence-corrected chi connectivity index (χ2v) is 2.72. The van der Waals surface area contributed by atoms with Crippen molar-refractivity contribution in [2.24, 2.45) is 0 Å². The monoisotopic (exact) mass is 182 g/mol. The Bertz CT molecular complexity index is 344. The van der Waals surface area contributed by atoms with Crippen LogP contribution in [0.5, 0.6) is 0 Å². The van der Waals surface area contributed by atoms with Gasteiger partial charge in [0.25, 0.3) is 0 Å². The van der Waals surface area contributed by atoms with Gasteiger partial charge >= 0.3 is 0 Å². The molecule has 1 N–H and O–H groups in total. The number of hydrogen-bond acceptors (Lipinski definition) is 3. The van der Waals surface area contributed by atoms with Crippen LogP contribution in [0.15, 0.2) is 6.07 Å². The predicted octanol–water partition coefficient (Wildman–Crippen LogP) is 1.41. The van der Waals surface area contributed by atoms with Crippen molar-refractivity contribution in [3.63, 3.8) is 0 Å². The SMILES string of the molecule is Cc1cc(CO)c(C#N)c(Cl)n1. The lowest BCUT2D eigenvalue weighted by Crippen LogP contribution is -1.95. The van der Waals surface area contributed by atoms with Crippen LogP contribution in [0.3, 0.4) is 0 Å². The highest BCUT2D eigenvalue weighted by Gasteiger charge is 2.07. The van der Waals surface area contributed by atoms with Crippen molar-refractivity contribution in [3.05, 3.63) is 28.0 Å². The first-order valence-electron chi connectivity index (χ1n) is 3.36. The molecule has 1 aromatic rings. The van der Waals surface area contributed by atoms with Crippen molar-refractivity contribution < 1.29 is 5.11 Å².